The van der Waals surface area contributed by atoms with Crippen molar-refractivity contribution in [1.82, 2.24) is 5.32 Å². The summed E-state index contributed by atoms with van der Waals surface area (Å²) in [5.74, 6) is 0.552. The molecule has 2 heteroatoms. The van der Waals surface area contributed by atoms with Crippen LogP contribution in [0.25, 0.3) is 0 Å². The van der Waals surface area contributed by atoms with Crippen molar-refractivity contribution in [3.63, 3.8) is 0 Å². The molecule has 0 heterocycles. The molecule has 0 bridgehead atoms. The summed E-state index contributed by atoms with van der Waals surface area (Å²) >= 11 is 0. The Morgan fingerprint density at radius 2 is 1.81 bits per heavy atom. The fourth-order valence-corrected chi connectivity index (χ4v) is 1.72. The van der Waals surface area contributed by atoms with Crippen molar-refractivity contribution < 1.29 is 5.11 Å². The van der Waals surface area contributed by atoms with E-state index in [0.717, 1.165) is 13.0 Å². The standard InChI is InChI=1S/C14H23NO/c1-11(2)8-14(16)10-15-9-13-6-4-12(3)5-7-13/h4-7,11,14-16H,8-10H2,1-3H3. The monoisotopic (exact) mass is 221 g/mol. The summed E-state index contributed by atoms with van der Waals surface area (Å²) in [6.07, 6.45) is 0.631. The number of aliphatic hydroxyl groups is 1. The van der Waals surface area contributed by atoms with Crippen LogP contribution in [-0.4, -0.2) is 17.8 Å². The Labute approximate surface area is 98.7 Å². The molecule has 0 spiro atoms. The molecule has 0 aliphatic carbocycles. The van der Waals surface area contributed by atoms with Gasteiger partial charge in [-0.15, -0.1) is 0 Å². The molecule has 0 fully saturated rings. The third kappa shape index (κ3) is 5.29. The van der Waals surface area contributed by atoms with E-state index in [0.29, 0.717) is 12.5 Å². The first-order valence-corrected chi connectivity index (χ1v) is 6.02. The third-order valence-electron chi connectivity index (χ3n) is 2.57. The highest BCUT2D eigenvalue weighted by molar-refractivity contribution is 5.21. The number of aliphatic hydroxyl groups excluding tert-OH is 1. The molecule has 1 unspecified atom stereocenters. The van der Waals surface area contributed by atoms with Gasteiger partial charge in [-0.25, -0.2) is 0 Å². The summed E-state index contributed by atoms with van der Waals surface area (Å²) in [5, 5.41) is 13.0. The Bertz CT molecular complexity index is 292. The largest absolute Gasteiger partial charge is 0.392 e. The van der Waals surface area contributed by atoms with Gasteiger partial charge in [-0.3, -0.25) is 0 Å². The second kappa shape index (κ2) is 6.66. The maximum Gasteiger partial charge on any atom is 0.0667 e. The Kier molecular flexibility index (Phi) is 5.50. The molecule has 1 aromatic rings. The van der Waals surface area contributed by atoms with Crippen molar-refractivity contribution in [2.75, 3.05) is 6.54 Å². The van der Waals surface area contributed by atoms with Gasteiger partial charge in [0.1, 0.15) is 0 Å². The summed E-state index contributed by atoms with van der Waals surface area (Å²) in [6, 6.07) is 8.47. The van der Waals surface area contributed by atoms with E-state index < -0.39 is 0 Å². The van der Waals surface area contributed by atoms with Gasteiger partial charge in [0.25, 0.3) is 0 Å². The number of hydrogen-bond donors (Lipinski definition) is 2. The summed E-state index contributed by atoms with van der Waals surface area (Å²) in [4.78, 5) is 0. The normalized spacial score (nSPS) is 13.1. The molecule has 0 radical (unpaired) electrons. The van der Waals surface area contributed by atoms with Crippen molar-refractivity contribution in [2.45, 2.75) is 39.8 Å². The molecule has 0 saturated carbocycles. The molecule has 2 nitrogen and oxygen atoms in total. The first kappa shape index (κ1) is 13.2. The van der Waals surface area contributed by atoms with E-state index in [1.165, 1.54) is 11.1 Å². The van der Waals surface area contributed by atoms with E-state index in [1.807, 2.05) is 0 Å². The van der Waals surface area contributed by atoms with Crippen LogP contribution in [0.3, 0.4) is 0 Å². The molecular formula is C14H23NO. The van der Waals surface area contributed by atoms with Crippen molar-refractivity contribution in [2.24, 2.45) is 5.92 Å². The van der Waals surface area contributed by atoms with Gasteiger partial charge in [0.2, 0.25) is 0 Å². The zero-order valence-corrected chi connectivity index (χ0v) is 10.5. The van der Waals surface area contributed by atoms with Crippen LogP contribution in [-0.2, 0) is 6.54 Å². The molecule has 1 aromatic carbocycles. The van der Waals surface area contributed by atoms with Gasteiger partial charge in [0.15, 0.2) is 0 Å². The zero-order valence-electron chi connectivity index (χ0n) is 10.5. The Balaban J connectivity index is 2.22. The summed E-state index contributed by atoms with van der Waals surface area (Å²) < 4.78 is 0. The van der Waals surface area contributed by atoms with Crippen LogP contribution in [0.1, 0.15) is 31.4 Å². The smallest absolute Gasteiger partial charge is 0.0667 e. The van der Waals surface area contributed by atoms with Gasteiger partial charge in [0, 0.05) is 13.1 Å². The average molecular weight is 221 g/mol. The molecular weight excluding hydrogens is 198 g/mol. The van der Waals surface area contributed by atoms with E-state index in [-0.39, 0.29) is 6.10 Å². The lowest BCUT2D eigenvalue weighted by atomic mass is 10.1. The fourth-order valence-electron chi connectivity index (χ4n) is 1.72. The number of aryl methyl sites for hydroxylation is 1. The van der Waals surface area contributed by atoms with Gasteiger partial charge in [-0.05, 0) is 24.8 Å². The van der Waals surface area contributed by atoms with Crippen molar-refractivity contribution in [3.8, 4) is 0 Å². The predicted octanol–water partition coefficient (Wildman–Crippen LogP) is 2.49. The Morgan fingerprint density at radius 1 is 1.19 bits per heavy atom. The van der Waals surface area contributed by atoms with Crippen LogP contribution < -0.4 is 5.32 Å². The summed E-state index contributed by atoms with van der Waals surface area (Å²) in [5.41, 5.74) is 2.55. The highest BCUT2D eigenvalue weighted by Gasteiger charge is 2.05. The van der Waals surface area contributed by atoms with Crippen LogP contribution >= 0.6 is 0 Å². The van der Waals surface area contributed by atoms with E-state index in [9.17, 15) is 5.11 Å². The second-order valence-corrected chi connectivity index (χ2v) is 4.90. The van der Waals surface area contributed by atoms with Crippen LogP contribution in [0.4, 0.5) is 0 Å². The third-order valence-corrected chi connectivity index (χ3v) is 2.57. The van der Waals surface area contributed by atoms with Gasteiger partial charge in [-0.1, -0.05) is 43.7 Å². The Morgan fingerprint density at radius 3 is 2.38 bits per heavy atom. The average Bonchev–Trinajstić information content (AvgIpc) is 2.20. The van der Waals surface area contributed by atoms with Crippen molar-refractivity contribution in [1.29, 1.82) is 0 Å². The van der Waals surface area contributed by atoms with Crippen LogP contribution in [0.2, 0.25) is 0 Å². The number of benzene rings is 1. The van der Waals surface area contributed by atoms with Crippen LogP contribution in [0.15, 0.2) is 24.3 Å². The summed E-state index contributed by atoms with van der Waals surface area (Å²) in [6.45, 7) is 7.84. The lowest BCUT2D eigenvalue weighted by Gasteiger charge is -2.13. The quantitative estimate of drug-likeness (QED) is 0.773. The minimum atomic E-state index is -0.231. The molecule has 0 saturated heterocycles. The SMILES string of the molecule is Cc1ccc(CNCC(O)CC(C)C)cc1. The molecule has 0 aliphatic heterocycles. The topological polar surface area (TPSA) is 32.3 Å². The van der Waals surface area contributed by atoms with Gasteiger partial charge >= 0.3 is 0 Å². The van der Waals surface area contributed by atoms with E-state index >= 15 is 0 Å². The molecule has 16 heavy (non-hydrogen) atoms. The maximum atomic E-state index is 9.68. The molecule has 90 valence electrons. The first-order chi connectivity index (χ1) is 7.58. The van der Waals surface area contributed by atoms with Crippen molar-refractivity contribution in [3.05, 3.63) is 35.4 Å². The second-order valence-electron chi connectivity index (χ2n) is 4.90. The fraction of sp³-hybridized carbons (Fsp3) is 0.571. The number of rotatable bonds is 6. The summed E-state index contributed by atoms with van der Waals surface area (Å²) in [7, 11) is 0. The Hall–Kier alpha value is -0.860. The number of hydrogen-bond acceptors (Lipinski definition) is 2. The van der Waals surface area contributed by atoms with Gasteiger partial charge < -0.3 is 10.4 Å². The molecule has 0 aromatic heterocycles. The minimum absolute atomic E-state index is 0.231. The molecule has 1 rings (SSSR count). The maximum absolute atomic E-state index is 9.68. The lowest BCUT2D eigenvalue weighted by molar-refractivity contribution is 0.146. The molecule has 0 aliphatic rings. The van der Waals surface area contributed by atoms with E-state index in [2.05, 4.69) is 50.4 Å². The highest BCUT2D eigenvalue weighted by Crippen LogP contribution is 2.05. The van der Waals surface area contributed by atoms with Crippen LogP contribution in [0.5, 0.6) is 0 Å². The highest BCUT2D eigenvalue weighted by atomic mass is 16.3. The van der Waals surface area contributed by atoms with Crippen LogP contribution in [0, 0.1) is 12.8 Å². The predicted molar refractivity (Wildman–Crippen MR) is 68.3 cm³/mol. The lowest BCUT2D eigenvalue weighted by Crippen LogP contribution is -2.27. The van der Waals surface area contributed by atoms with E-state index in [4.69, 9.17) is 0 Å². The minimum Gasteiger partial charge on any atom is -0.392 e. The van der Waals surface area contributed by atoms with E-state index in [1.54, 1.807) is 0 Å². The van der Waals surface area contributed by atoms with Crippen molar-refractivity contribution >= 4 is 0 Å². The first-order valence-electron chi connectivity index (χ1n) is 6.02. The van der Waals surface area contributed by atoms with Gasteiger partial charge in [-0.2, -0.15) is 0 Å². The molecule has 2 N–H and O–H groups in total. The van der Waals surface area contributed by atoms with Gasteiger partial charge in [0.05, 0.1) is 6.10 Å². The molecule has 1 atom stereocenters. The number of nitrogens with one attached hydrogen (secondary N) is 1. The molecule has 0 amide bonds. The zero-order chi connectivity index (χ0) is 12.0.